The Bertz CT molecular complexity index is 837. The van der Waals surface area contributed by atoms with Crippen molar-refractivity contribution in [3.05, 3.63) is 58.2 Å². The molecule has 1 saturated heterocycles. The number of nitrogens with zero attached hydrogens (tertiary/aromatic N) is 4. The van der Waals surface area contributed by atoms with E-state index in [1.807, 2.05) is 32.6 Å². The molecule has 0 spiro atoms. The van der Waals surface area contributed by atoms with Gasteiger partial charge in [0.15, 0.2) is 0 Å². The van der Waals surface area contributed by atoms with Crippen LogP contribution in [0.25, 0.3) is 0 Å². The second-order valence-electron chi connectivity index (χ2n) is 8.12. The van der Waals surface area contributed by atoms with E-state index in [1.165, 1.54) is 11.1 Å². The maximum Gasteiger partial charge on any atom is 0.227 e. The van der Waals surface area contributed by atoms with Gasteiger partial charge in [0.25, 0.3) is 0 Å². The number of likely N-dealkylation sites (N-methyl/N-ethyl adjacent to an activating group) is 1. The van der Waals surface area contributed by atoms with E-state index in [-0.39, 0.29) is 5.91 Å². The fraction of sp³-hybridized carbons (Fsp3) is 0.542. The molecular weight excluding hydrogens is 360 g/mol. The molecule has 1 aromatic heterocycles. The van der Waals surface area contributed by atoms with Crippen molar-refractivity contribution in [2.75, 3.05) is 26.2 Å². The van der Waals surface area contributed by atoms with Gasteiger partial charge < -0.3 is 4.90 Å². The van der Waals surface area contributed by atoms with Gasteiger partial charge in [-0.25, -0.2) is 9.97 Å². The van der Waals surface area contributed by atoms with E-state index in [0.717, 1.165) is 61.9 Å². The third-order valence-corrected chi connectivity index (χ3v) is 6.17. The lowest BCUT2D eigenvalue weighted by Gasteiger charge is -2.20. The van der Waals surface area contributed by atoms with Crippen LogP contribution in [0, 0.1) is 20.8 Å². The van der Waals surface area contributed by atoms with Crippen LogP contribution in [-0.4, -0.2) is 51.9 Å². The summed E-state index contributed by atoms with van der Waals surface area (Å²) in [6, 6.07) is 8.60. The minimum Gasteiger partial charge on any atom is -0.343 e. The molecule has 0 radical (unpaired) electrons. The van der Waals surface area contributed by atoms with Crippen molar-refractivity contribution < 1.29 is 4.79 Å². The number of hydrogen-bond donors (Lipinski definition) is 0. The Kier molecular flexibility index (Phi) is 7.01. The molecule has 0 saturated carbocycles. The lowest BCUT2D eigenvalue weighted by atomic mass is 10.0. The zero-order valence-electron chi connectivity index (χ0n) is 18.5. The number of benzene rings is 1. The summed E-state index contributed by atoms with van der Waals surface area (Å²) in [5.74, 6) is 1.46. The molecule has 2 heterocycles. The summed E-state index contributed by atoms with van der Waals surface area (Å²) in [6.07, 6.45) is 1.48. The van der Waals surface area contributed by atoms with Crippen molar-refractivity contribution in [2.24, 2.45) is 0 Å². The average Bonchev–Trinajstić information content (AvgIpc) is 3.16. The molecule has 0 bridgehead atoms. The standard InChI is InChI=1S/C24H34N4O/c1-6-28(7-2)23(29)14-22-18(4)25-24(26-19(22)5)21-12-13-27(16-21)15-20-11-9-8-10-17(20)3/h8-11,21H,6-7,12-16H2,1-5H3. The van der Waals surface area contributed by atoms with Crippen LogP contribution in [0.3, 0.4) is 0 Å². The zero-order chi connectivity index (χ0) is 21.0. The Labute approximate surface area is 175 Å². The summed E-state index contributed by atoms with van der Waals surface area (Å²) in [5.41, 5.74) is 5.63. The molecule has 5 heteroatoms. The molecular formula is C24H34N4O. The molecule has 156 valence electrons. The number of carbonyl (C=O) groups excluding carboxylic acids is 1. The predicted molar refractivity (Wildman–Crippen MR) is 117 cm³/mol. The van der Waals surface area contributed by atoms with Gasteiger partial charge in [-0.3, -0.25) is 9.69 Å². The summed E-state index contributed by atoms with van der Waals surface area (Å²) in [7, 11) is 0. The fourth-order valence-electron chi connectivity index (χ4n) is 4.26. The van der Waals surface area contributed by atoms with Crippen molar-refractivity contribution in [3.8, 4) is 0 Å². The molecule has 1 unspecified atom stereocenters. The van der Waals surface area contributed by atoms with Gasteiger partial charge in [-0.1, -0.05) is 24.3 Å². The predicted octanol–water partition coefficient (Wildman–Crippen LogP) is 3.80. The number of amides is 1. The van der Waals surface area contributed by atoms with Gasteiger partial charge in [-0.2, -0.15) is 0 Å². The molecule has 1 aliphatic rings. The van der Waals surface area contributed by atoms with E-state index >= 15 is 0 Å². The van der Waals surface area contributed by atoms with Gasteiger partial charge in [0, 0.05) is 49.0 Å². The Morgan fingerprint density at radius 2 is 1.76 bits per heavy atom. The highest BCUT2D eigenvalue weighted by Crippen LogP contribution is 2.28. The minimum absolute atomic E-state index is 0.155. The van der Waals surface area contributed by atoms with Crippen molar-refractivity contribution in [3.63, 3.8) is 0 Å². The van der Waals surface area contributed by atoms with Crippen LogP contribution in [0.15, 0.2) is 24.3 Å². The molecule has 1 atom stereocenters. The number of rotatable bonds is 7. The maximum atomic E-state index is 12.5. The third kappa shape index (κ3) is 5.02. The van der Waals surface area contributed by atoms with Crippen LogP contribution in [0.2, 0.25) is 0 Å². The topological polar surface area (TPSA) is 49.3 Å². The third-order valence-electron chi connectivity index (χ3n) is 6.17. The number of likely N-dealkylation sites (tertiary alicyclic amines) is 1. The van der Waals surface area contributed by atoms with Crippen molar-refractivity contribution in [1.29, 1.82) is 0 Å². The van der Waals surface area contributed by atoms with E-state index in [2.05, 4.69) is 36.1 Å². The molecule has 1 aromatic carbocycles. The lowest BCUT2D eigenvalue weighted by Crippen LogP contribution is -2.32. The first kappa shape index (κ1) is 21.4. The SMILES string of the molecule is CCN(CC)C(=O)Cc1c(C)nc(C2CCN(Cc3ccccc3C)C2)nc1C. The average molecular weight is 395 g/mol. The van der Waals surface area contributed by atoms with Gasteiger partial charge in [0.05, 0.1) is 6.42 Å². The zero-order valence-corrected chi connectivity index (χ0v) is 18.5. The van der Waals surface area contributed by atoms with E-state index < -0.39 is 0 Å². The van der Waals surface area contributed by atoms with Crippen LogP contribution >= 0.6 is 0 Å². The molecule has 29 heavy (non-hydrogen) atoms. The van der Waals surface area contributed by atoms with Crippen molar-refractivity contribution >= 4 is 5.91 Å². The van der Waals surface area contributed by atoms with E-state index in [9.17, 15) is 4.79 Å². The Morgan fingerprint density at radius 1 is 1.10 bits per heavy atom. The van der Waals surface area contributed by atoms with E-state index in [0.29, 0.717) is 12.3 Å². The Morgan fingerprint density at radius 3 is 2.38 bits per heavy atom. The normalized spacial score (nSPS) is 16.9. The molecule has 5 nitrogen and oxygen atoms in total. The first-order valence-corrected chi connectivity index (χ1v) is 10.8. The molecule has 0 aliphatic carbocycles. The van der Waals surface area contributed by atoms with Crippen LogP contribution in [0.1, 0.15) is 60.1 Å². The van der Waals surface area contributed by atoms with Gasteiger partial charge >= 0.3 is 0 Å². The highest BCUT2D eigenvalue weighted by molar-refractivity contribution is 5.79. The summed E-state index contributed by atoms with van der Waals surface area (Å²) in [5, 5.41) is 0. The smallest absolute Gasteiger partial charge is 0.227 e. The van der Waals surface area contributed by atoms with Crippen LogP contribution in [0.5, 0.6) is 0 Å². The summed E-state index contributed by atoms with van der Waals surface area (Å²) in [4.78, 5) is 26.6. The van der Waals surface area contributed by atoms with Gasteiger partial charge in [-0.15, -0.1) is 0 Å². The van der Waals surface area contributed by atoms with Gasteiger partial charge in [0.2, 0.25) is 5.91 Å². The quantitative estimate of drug-likeness (QED) is 0.717. The maximum absolute atomic E-state index is 12.5. The van der Waals surface area contributed by atoms with Gasteiger partial charge in [0.1, 0.15) is 5.82 Å². The fourth-order valence-corrected chi connectivity index (χ4v) is 4.26. The number of carbonyl (C=O) groups is 1. The first-order chi connectivity index (χ1) is 13.9. The minimum atomic E-state index is 0.155. The molecule has 1 aliphatic heterocycles. The number of aryl methyl sites for hydroxylation is 3. The second kappa shape index (κ2) is 9.49. The van der Waals surface area contributed by atoms with Crippen LogP contribution < -0.4 is 0 Å². The monoisotopic (exact) mass is 394 g/mol. The molecule has 1 amide bonds. The number of aromatic nitrogens is 2. The molecule has 1 fully saturated rings. The molecule has 2 aromatic rings. The van der Waals surface area contributed by atoms with Crippen LogP contribution in [0.4, 0.5) is 0 Å². The lowest BCUT2D eigenvalue weighted by molar-refractivity contribution is -0.130. The largest absolute Gasteiger partial charge is 0.343 e. The first-order valence-electron chi connectivity index (χ1n) is 10.8. The van der Waals surface area contributed by atoms with Crippen molar-refractivity contribution in [1.82, 2.24) is 19.8 Å². The van der Waals surface area contributed by atoms with Crippen molar-refractivity contribution in [2.45, 2.75) is 59.9 Å². The van der Waals surface area contributed by atoms with E-state index in [1.54, 1.807) is 0 Å². The van der Waals surface area contributed by atoms with E-state index in [4.69, 9.17) is 9.97 Å². The highest BCUT2D eigenvalue weighted by Gasteiger charge is 2.27. The summed E-state index contributed by atoms with van der Waals surface area (Å²) < 4.78 is 0. The summed E-state index contributed by atoms with van der Waals surface area (Å²) in [6.45, 7) is 14.8. The van der Waals surface area contributed by atoms with Gasteiger partial charge in [-0.05, 0) is 58.7 Å². The number of hydrogen-bond acceptors (Lipinski definition) is 4. The Hall–Kier alpha value is -2.27. The molecule has 0 N–H and O–H groups in total. The Balaban J connectivity index is 1.69. The van der Waals surface area contributed by atoms with Crippen LogP contribution in [-0.2, 0) is 17.8 Å². The summed E-state index contributed by atoms with van der Waals surface area (Å²) >= 11 is 0. The molecule has 3 rings (SSSR count). The highest BCUT2D eigenvalue weighted by atomic mass is 16.2. The second-order valence-corrected chi connectivity index (χ2v) is 8.12.